The van der Waals surface area contributed by atoms with Gasteiger partial charge in [0.1, 0.15) is 11.6 Å². The molecule has 0 spiro atoms. The summed E-state index contributed by atoms with van der Waals surface area (Å²) in [4.78, 5) is 10.0. The molecule has 0 saturated carbocycles. The molecule has 2 heterocycles. The van der Waals surface area contributed by atoms with Crippen LogP contribution in [-0.2, 0) is 16.2 Å². The molecule has 4 heteroatoms. The minimum Gasteiger partial charge on any atom is -0.507 e. The van der Waals surface area contributed by atoms with Crippen LogP contribution < -0.4 is 0 Å². The van der Waals surface area contributed by atoms with Gasteiger partial charge >= 0.3 is 0 Å². The van der Waals surface area contributed by atoms with Gasteiger partial charge in [-0.1, -0.05) is 193 Å². The molecule has 71 heavy (non-hydrogen) atoms. The number of fused-ring (bicyclic) bond motifs is 1. The van der Waals surface area contributed by atoms with Crippen LogP contribution in [0.1, 0.15) is 157 Å². The summed E-state index contributed by atoms with van der Waals surface area (Å²) in [6.07, 6.45) is -0.728. The number of hydrogen-bond acceptors (Lipinski definition) is 3. The number of aryl methyl sites for hydroxylation is 1. The molecule has 0 bridgehead atoms. The summed E-state index contributed by atoms with van der Waals surface area (Å²) in [5.74, 6) is 0.580. The Bertz CT molecular complexity index is 4120. The molecule has 4 nitrogen and oxygen atoms in total. The summed E-state index contributed by atoms with van der Waals surface area (Å²) in [5, 5.41) is 12.6. The number of phenols is 1. The molecule has 9 rings (SSSR count). The highest BCUT2D eigenvalue weighted by Crippen LogP contribution is 2.46. The summed E-state index contributed by atoms with van der Waals surface area (Å²) >= 11 is 0. The van der Waals surface area contributed by atoms with Crippen molar-refractivity contribution in [3.05, 3.63) is 191 Å². The van der Waals surface area contributed by atoms with E-state index in [4.69, 9.17) is 22.8 Å². The molecule has 0 aliphatic heterocycles. The molecule has 9 aromatic rings. The van der Waals surface area contributed by atoms with Gasteiger partial charge < -0.3 is 5.11 Å². The zero-order valence-corrected chi connectivity index (χ0v) is 42.4. The van der Waals surface area contributed by atoms with Crippen molar-refractivity contribution in [1.82, 2.24) is 14.5 Å². The Kier molecular flexibility index (Phi) is 8.59. The highest BCUT2D eigenvalue weighted by atomic mass is 16.3. The van der Waals surface area contributed by atoms with Crippen molar-refractivity contribution in [2.45, 2.75) is 125 Å². The average molecular weight is 950 g/mol. The van der Waals surface area contributed by atoms with Crippen LogP contribution in [0.15, 0.2) is 158 Å². The number of nitrogens with zero attached hydrogens (tertiary/aromatic N) is 3. The van der Waals surface area contributed by atoms with Crippen molar-refractivity contribution in [1.29, 1.82) is 0 Å². The van der Waals surface area contributed by atoms with E-state index in [1.807, 2.05) is 83.1 Å². The molecule has 0 saturated heterocycles. The maximum Gasteiger partial charge on any atom is 0.149 e. The first-order valence-electron chi connectivity index (χ1n) is 32.2. The number of pyridine rings is 1. The van der Waals surface area contributed by atoms with Crippen LogP contribution in [0.25, 0.3) is 83.9 Å². The van der Waals surface area contributed by atoms with E-state index in [2.05, 4.69) is 106 Å². The summed E-state index contributed by atoms with van der Waals surface area (Å²) in [6.45, 7) is 11.1. The van der Waals surface area contributed by atoms with Crippen LogP contribution in [0.4, 0.5) is 0 Å². The maximum absolute atomic E-state index is 12.6. The average Bonchev–Trinajstić information content (AvgIpc) is 1.06. The van der Waals surface area contributed by atoms with Gasteiger partial charge in [-0.3, -0.25) is 9.55 Å². The Morgan fingerprint density at radius 2 is 1.23 bits per heavy atom. The van der Waals surface area contributed by atoms with Gasteiger partial charge in [-0.25, -0.2) is 4.98 Å². The van der Waals surface area contributed by atoms with Crippen LogP contribution in [0, 0.1) is 6.92 Å². The number of aromatic nitrogens is 3. The molecule has 0 fully saturated rings. The number of para-hydroxylation sites is 1. The normalized spacial score (nSPS) is 16.2. The van der Waals surface area contributed by atoms with E-state index in [9.17, 15) is 9.22 Å². The van der Waals surface area contributed by atoms with Crippen molar-refractivity contribution in [3.8, 4) is 78.6 Å². The third-order valence-electron chi connectivity index (χ3n) is 13.3. The van der Waals surface area contributed by atoms with Gasteiger partial charge in [-0.2, -0.15) is 0 Å². The highest BCUT2D eigenvalue weighted by Gasteiger charge is 2.27. The first-order valence-corrected chi connectivity index (χ1v) is 24.2. The lowest BCUT2D eigenvalue weighted by Crippen LogP contribution is -2.11. The number of imidazole rings is 1. The van der Waals surface area contributed by atoms with Gasteiger partial charge in [0, 0.05) is 35.2 Å². The number of hydrogen-bond donors (Lipinski definition) is 1. The second kappa shape index (κ2) is 18.6. The molecule has 1 N–H and O–H groups in total. The van der Waals surface area contributed by atoms with Crippen molar-refractivity contribution >= 4 is 11.0 Å². The number of phenolic OH excluding ortho intramolecular Hbond substituents is 1. The van der Waals surface area contributed by atoms with Crippen LogP contribution in [-0.4, -0.2) is 19.6 Å². The van der Waals surface area contributed by atoms with Gasteiger partial charge in [0.25, 0.3) is 0 Å². The van der Waals surface area contributed by atoms with Gasteiger partial charge in [-0.05, 0) is 150 Å². The number of benzene rings is 7. The topological polar surface area (TPSA) is 50.9 Å². The fourth-order valence-corrected chi connectivity index (χ4v) is 9.13. The molecule has 0 unspecified atom stereocenters. The third kappa shape index (κ3) is 9.74. The van der Waals surface area contributed by atoms with E-state index in [0.29, 0.717) is 33.5 Å². The quantitative estimate of drug-likeness (QED) is 0.157. The lowest BCUT2D eigenvalue weighted by molar-refractivity contribution is 0.466. The minimum atomic E-state index is -3.93. The molecule has 0 radical (unpaired) electrons. The monoisotopic (exact) mass is 950 g/mol. The molecular formula is C67H71N3O. The molecule has 0 aliphatic rings. The van der Waals surface area contributed by atoms with Gasteiger partial charge in [0.2, 0.25) is 0 Å². The summed E-state index contributed by atoms with van der Waals surface area (Å²) in [6, 6.07) is 32.3. The van der Waals surface area contributed by atoms with Crippen molar-refractivity contribution in [3.63, 3.8) is 0 Å². The van der Waals surface area contributed by atoms with Crippen molar-refractivity contribution < 1.29 is 27.0 Å². The lowest BCUT2D eigenvalue weighted by atomic mass is 9.83. The summed E-state index contributed by atoms with van der Waals surface area (Å²) in [5.41, 5.74) is 5.13. The predicted molar refractivity (Wildman–Crippen MR) is 302 cm³/mol. The largest absolute Gasteiger partial charge is 0.507 e. The van der Waals surface area contributed by atoms with E-state index in [-0.39, 0.29) is 34.3 Å². The Balaban J connectivity index is 1.35. The highest BCUT2D eigenvalue weighted by molar-refractivity contribution is 5.98. The first-order chi connectivity index (χ1) is 40.2. The smallest absolute Gasteiger partial charge is 0.149 e. The van der Waals surface area contributed by atoms with E-state index in [0.717, 1.165) is 50.2 Å². The SMILES string of the molecule is [2H]c1nc(-c2cc(-c3cccc4c3nc(-c3cc(C(C)C)cc(C(C)C)c3O)n4-c3cc(C)c(-c4ccc(C(C)(C)C)cc4)cc3-c3ccccc3)cc(C(C)(C)C)c2)c([2H])c(-c2c([2H])c([2H])c(C(C([2H])([2H])[2H])(C([2H])([2H])[2H])C([2H])([2H])[2H])c([2H])c2[2H])c1[2H]. The van der Waals surface area contributed by atoms with Gasteiger partial charge in [-0.15, -0.1) is 0 Å². The molecular weight excluding hydrogens is 863 g/mol. The summed E-state index contributed by atoms with van der Waals surface area (Å²) in [7, 11) is 0. The number of aromatic hydroxyl groups is 1. The first kappa shape index (κ1) is 32.8. The second-order valence-electron chi connectivity index (χ2n) is 21.4. The lowest BCUT2D eigenvalue weighted by Gasteiger charge is -2.22. The molecule has 0 aliphatic carbocycles. The Labute approximate surface area is 446 Å². The number of rotatable bonds is 9. The molecule has 7 aromatic carbocycles. The second-order valence-corrected chi connectivity index (χ2v) is 21.4. The zero-order chi connectivity index (χ0) is 64.3. The van der Waals surface area contributed by atoms with Crippen LogP contribution in [0.3, 0.4) is 0 Å². The molecule has 0 amide bonds. The minimum absolute atomic E-state index is 0.0478. The molecule has 0 atom stereocenters. The summed E-state index contributed by atoms with van der Waals surface area (Å²) < 4.78 is 141. The van der Waals surface area contributed by atoms with E-state index >= 15 is 0 Å². The van der Waals surface area contributed by atoms with Crippen LogP contribution >= 0.6 is 0 Å². The Hall–Kier alpha value is -7.04. The van der Waals surface area contributed by atoms with Crippen LogP contribution in [0.5, 0.6) is 5.75 Å². The van der Waals surface area contributed by atoms with E-state index in [1.54, 1.807) is 12.1 Å². The zero-order valence-electron chi connectivity index (χ0n) is 58.4. The molecule has 2 aromatic heterocycles. The fraction of sp³-hybridized carbons (Fsp3) is 0.284. The van der Waals surface area contributed by atoms with Gasteiger partial charge in [0.05, 0.1) is 37.6 Å². The maximum atomic E-state index is 12.6. The standard InChI is InChI=1S/C67H71N3O/c1-41(2)48-37-55(42(3)4)63(71)58(38-48)64-69-62-54(49-34-50(36-53(35-49)67(12,13)14)59-39-47(31-32-68-59)44-23-27-51(28-24-44)65(6,7)8)21-18-22-60(62)70(64)61-33-43(5)56(40-57(61)45-19-16-15-17-20-45)46-25-29-52(30-26-46)66(9,10)11/h15-42,71H,1-14H3/i6D3,7D3,8D3,23D,24D,27D,28D,31D,32D,39D. The van der Waals surface area contributed by atoms with Crippen LogP contribution in [0.2, 0.25) is 0 Å². The van der Waals surface area contributed by atoms with E-state index < -0.39 is 90.5 Å². The molecule has 360 valence electrons. The predicted octanol–water partition coefficient (Wildman–Crippen LogP) is 18.6. The fourth-order valence-electron chi connectivity index (χ4n) is 9.13. The van der Waals surface area contributed by atoms with Crippen molar-refractivity contribution in [2.75, 3.05) is 0 Å². The Morgan fingerprint density at radius 1 is 0.549 bits per heavy atom. The van der Waals surface area contributed by atoms with Gasteiger partial charge in [0.15, 0.2) is 0 Å². The van der Waals surface area contributed by atoms with Crippen molar-refractivity contribution in [2.24, 2.45) is 0 Å². The third-order valence-corrected chi connectivity index (χ3v) is 13.3. The van der Waals surface area contributed by atoms with E-state index in [1.165, 1.54) is 5.56 Å². The Morgan fingerprint density at radius 3 is 1.87 bits per heavy atom.